The Kier molecular flexibility index (Phi) is 8.35. The molecule has 0 aliphatic carbocycles. The number of aliphatic carboxylic acids is 1. The van der Waals surface area contributed by atoms with Gasteiger partial charge in [0.25, 0.3) is 11.8 Å². The first-order valence-electron chi connectivity index (χ1n) is 10.3. The van der Waals surface area contributed by atoms with Crippen LogP contribution in [0, 0.1) is 0 Å². The van der Waals surface area contributed by atoms with Gasteiger partial charge in [0.05, 0.1) is 5.69 Å². The Morgan fingerprint density at radius 2 is 2.17 bits per heavy atom. The fraction of sp³-hybridized carbons (Fsp3) is 0.316. The van der Waals surface area contributed by atoms with E-state index in [1.165, 1.54) is 41.7 Å². The van der Waals surface area contributed by atoms with Gasteiger partial charge in [0.2, 0.25) is 0 Å². The van der Waals surface area contributed by atoms with Gasteiger partial charge in [-0.05, 0) is 23.7 Å². The fourth-order valence-electron chi connectivity index (χ4n) is 3.40. The van der Waals surface area contributed by atoms with Gasteiger partial charge in [0.1, 0.15) is 32.8 Å². The van der Waals surface area contributed by atoms with Gasteiger partial charge < -0.3 is 27.1 Å². The zero-order valence-corrected chi connectivity index (χ0v) is 21.6. The average Bonchev–Trinajstić information content (AvgIpc) is 3.29. The van der Waals surface area contributed by atoms with Crippen molar-refractivity contribution < 1.29 is 24.7 Å². The number of anilines is 1. The third-order valence-electron chi connectivity index (χ3n) is 4.99. The lowest BCUT2D eigenvalue weighted by molar-refractivity contribution is -0.150. The summed E-state index contributed by atoms with van der Waals surface area (Å²) in [6.45, 7) is 0.535. The lowest BCUT2D eigenvalue weighted by Gasteiger charge is -2.49. The van der Waals surface area contributed by atoms with Gasteiger partial charge in [-0.3, -0.25) is 14.5 Å². The highest BCUT2D eigenvalue weighted by molar-refractivity contribution is 8.07. The van der Waals surface area contributed by atoms with Crippen molar-refractivity contribution >= 4 is 76.1 Å². The monoisotopic (exact) mass is 568 g/mol. The first-order valence-corrected chi connectivity index (χ1v) is 14.1. The third kappa shape index (κ3) is 5.29. The average molecular weight is 569 g/mol. The van der Waals surface area contributed by atoms with Crippen LogP contribution in [0.15, 0.2) is 38.2 Å². The van der Waals surface area contributed by atoms with Crippen molar-refractivity contribution in [2.24, 2.45) is 10.9 Å². The molecule has 0 spiro atoms. The lowest BCUT2D eigenvalue weighted by Crippen LogP contribution is -2.71. The number of hydrogen-bond donors (Lipinski definition) is 5. The SMILES string of the molecule is NCCSCc1nnsc1SC1=C(C(=O)O)N2C(=O)[C@@H](NC(=O)/C(=N\O)c3cccc(N)n3)[C@H]2SC1. The van der Waals surface area contributed by atoms with Crippen LogP contribution in [0.25, 0.3) is 0 Å². The number of rotatable bonds is 10. The standard InChI is InChI=1S/C19H20N8O5S4/c20-4-5-33-6-9-19(36-26-24-9)35-10-7-34-17-13(16(29)27(17)14(10)18(30)31)23-15(28)12(25-32)8-2-1-3-11(21)22-8/h1-3,13,17,32H,4-7,20H2,(H2,21,22)(H,23,28)(H,30,31)/b25-12-/t13-,17-/m1/s1. The Bertz CT molecular complexity index is 1250. The second kappa shape index (κ2) is 11.5. The zero-order chi connectivity index (χ0) is 25.8. The van der Waals surface area contributed by atoms with Crippen LogP contribution < -0.4 is 16.8 Å². The molecule has 7 N–H and O–H groups in total. The second-order valence-electron chi connectivity index (χ2n) is 7.28. The Morgan fingerprint density at radius 3 is 2.86 bits per heavy atom. The molecule has 0 saturated carbocycles. The smallest absolute Gasteiger partial charge is 0.353 e. The van der Waals surface area contributed by atoms with Crippen LogP contribution in [0.2, 0.25) is 0 Å². The van der Waals surface area contributed by atoms with Crippen LogP contribution >= 0.6 is 46.8 Å². The summed E-state index contributed by atoms with van der Waals surface area (Å²) in [6.07, 6.45) is 0. The molecule has 2 amide bonds. The number of nitrogens with two attached hydrogens (primary N) is 2. The molecule has 2 aliphatic rings. The minimum absolute atomic E-state index is 0.0262. The molecule has 17 heteroatoms. The number of nitrogens with one attached hydrogen (secondary N) is 1. The Labute approximate surface area is 221 Å². The van der Waals surface area contributed by atoms with Crippen LogP contribution in [-0.4, -0.2) is 82.7 Å². The normalized spacial score (nSPS) is 19.6. The van der Waals surface area contributed by atoms with Gasteiger partial charge in [0.15, 0.2) is 5.71 Å². The number of pyridine rings is 1. The van der Waals surface area contributed by atoms with E-state index >= 15 is 0 Å². The molecule has 0 bridgehead atoms. The quantitative estimate of drug-likeness (QED) is 0.0863. The van der Waals surface area contributed by atoms with Crippen molar-refractivity contribution in [3.8, 4) is 0 Å². The van der Waals surface area contributed by atoms with Crippen LogP contribution in [0.4, 0.5) is 5.82 Å². The molecule has 0 radical (unpaired) electrons. The summed E-state index contributed by atoms with van der Waals surface area (Å²) in [6, 6.07) is 3.46. The molecular formula is C19H20N8O5S4. The highest BCUT2D eigenvalue weighted by atomic mass is 32.2. The number of amides is 2. The number of hydrogen-bond acceptors (Lipinski definition) is 14. The fourth-order valence-corrected chi connectivity index (χ4v) is 7.65. The molecule has 190 valence electrons. The van der Waals surface area contributed by atoms with E-state index in [0.29, 0.717) is 23.0 Å². The van der Waals surface area contributed by atoms with E-state index < -0.39 is 34.9 Å². The maximum atomic E-state index is 13.0. The van der Waals surface area contributed by atoms with E-state index in [4.69, 9.17) is 11.5 Å². The first kappa shape index (κ1) is 26.2. The van der Waals surface area contributed by atoms with Crippen LogP contribution in [0.1, 0.15) is 11.4 Å². The van der Waals surface area contributed by atoms with E-state index in [-0.39, 0.29) is 17.2 Å². The molecule has 1 fully saturated rings. The van der Waals surface area contributed by atoms with Crippen LogP contribution in [0.5, 0.6) is 0 Å². The van der Waals surface area contributed by atoms with Gasteiger partial charge in [-0.25, -0.2) is 9.78 Å². The summed E-state index contributed by atoms with van der Waals surface area (Å²) < 4.78 is 4.73. The number of nitrogen functional groups attached to an aromatic ring is 1. The van der Waals surface area contributed by atoms with Gasteiger partial charge in [-0.15, -0.1) is 16.9 Å². The molecular weight excluding hydrogens is 549 g/mol. The molecule has 4 rings (SSSR count). The number of β-lactam (4-membered cyclic amide) rings is 1. The van der Waals surface area contributed by atoms with E-state index in [1.807, 2.05) is 0 Å². The summed E-state index contributed by atoms with van der Waals surface area (Å²) >= 11 is 5.30. The minimum Gasteiger partial charge on any atom is -0.477 e. The summed E-state index contributed by atoms with van der Waals surface area (Å²) in [4.78, 5) is 43.4. The van der Waals surface area contributed by atoms with Crippen LogP contribution in [0.3, 0.4) is 0 Å². The summed E-state index contributed by atoms with van der Waals surface area (Å²) in [5, 5.41) is 28.3. The molecule has 2 aromatic heterocycles. The first-order chi connectivity index (χ1) is 17.3. The molecule has 0 aromatic carbocycles. The predicted molar refractivity (Wildman–Crippen MR) is 138 cm³/mol. The number of carbonyl (C=O) groups excluding carboxylic acids is 2. The molecule has 4 heterocycles. The molecule has 36 heavy (non-hydrogen) atoms. The third-order valence-corrected chi connectivity index (χ3v) is 9.50. The van der Waals surface area contributed by atoms with Gasteiger partial charge in [0, 0.05) is 28.7 Å². The molecule has 1 saturated heterocycles. The predicted octanol–water partition coefficient (Wildman–Crippen LogP) is 0.374. The number of carbonyl (C=O) groups is 3. The van der Waals surface area contributed by atoms with Gasteiger partial charge >= 0.3 is 5.97 Å². The van der Waals surface area contributed by atoms with Crippen molar-refractivity contribution in [1.82, 2.24) is 24.8 Å². The number of fused-ring (bicyclic) bond motifs is 1. The van der Waals surface area contributed by atoms with E-state index in [0.717, 1.165) is 32.1 Å². The molecule has 0 unspecified atom stereocenters. The van der Waals surface area contributed by atoms with E-state index in [1.54, 1.807) is 11.8 Å². The van der Waals surface area contributed by atoms with Crippen molar-refractivity contribution in [3.05, 3.63) is 40.2 Å². The number of aromatic nitrogens is 3. The topological polar surface area (TPSA) is 210 Å². The summed E-state index contributed by atoms with van der Waals surface area (Å²) in [5.74, 6) is -0.908. The molecule has 2 aromatic rings. The van der Waals surface area contributed by atoms with Crippen LogP contribution in [-0.2, 0) is 20.1 Å². The van der Waals surface area contributed by atoms with Crippen molar-refractivity contribution in [1.29, 1.82) is 0 Å². The highest BCUT2D eigenvalue weighted by Crippen LogP contribution is 2.46. The summed E-state index contributed by atoms with van der Waals surface area (Å²) in [5.41, 5.74) is 11.4. The largest absolute Gasteiger partial charge is 0.477 e. The molecule has 2 atom stereocenters. The van der Waals surface area contributed by atoms with Crippen molar-refractivity contribution in [3.63, 3.8) is 0 Å². The summed E-state index contributed by atoms with van der Waals surface area (Å²) in [7, 11) is 0. The molecule has 13 nitrogen and oxygen atoms in total. The number of oxime groups is 1. The maximum Gasteiger partial charge on any atom is 0.353 e. The maximum absolute atomic E-state index is 13.0. The number of nitrogens with zero attached hydrogens (tertiary/aromatic N) is 5. The Morgan fingerprint density at radius 1 is 1.36 bits per heavy atom. The van der Waals surface area contributed by atoms with Gasteiger partial charge in [-0.2, -0.15) is 11.8 Å². The molecule has 2 aliphatic heterocycles. The minimum atomic E-state index is -1.25. The zero-order valence-electron chi connectivity index (χ0n) is 18.4. The van der Waals surface area contributed by atoms with E-state index in [2.05, 4.69) is 25.0 Å². The number of thioether (sulfide) groups is 3. The lowest BCUT2D eigenvalue weighted by atomic mass is 10.0. The second-order valence-corrected chi connectivity index (χ2v) is 11.6. The number of carboxylic acids is 1. The highest BCUT2D eigenvalue weighted by Gasteiger charge is 2.54. The van der Waals surface area contributed by atoms with Gasteiger partial charge in [-0.1, -0.05) is 27.5 Å². The van der Waals surface area contributed by atoms with Crippen molar-refractivity contribution in [2.75, 3.05) is 23.8 Å². The van der Waals surface area contributed by atoms with E-state index in [9.17, 15) is 24.7 Å². The number of carboxylic acid groups (broad SMARTS) is 1. The van der Waals surface area contributed by atoms with Crippen molar-refractivity contribution in [2.45, 2.75) is 21.4 Å². The Hall–Kier alpha value is -2.86. The Balaban J connectivity index is 1.50.